The molecule has 3 rings (SSSR count). The number of nitrogens with zero attached hydrogens (tertiary/aromatic N) is 1. The Morgan fingerprint density at radius 3 is 2.53 bits per heavy atom. The second kappa shape index (κ2) is 4.78. The van der Waals surface area contributed by atoms with E-state index in [1.807, 2.05) is 18.2 Å². The van der Waals surface area contributed by atoms with Crippen LogP contribution < -0.4 is 4.74 Å². The third-order valence-electron chi connectivity index (χ3n) is 2.69. The number of hydrogen-bond acceptors (Lipinski definition) is 3. The van der Waals surface area contributed by atoms with Gasteiger partial charge in [0, 0.05) is 10.4 Å². The van der Waals surface area contributed by atoms with Gasteiger partial charge in [-0.25, -0.2) is 0 Å². The summed E-state index contributed by atoms with van der Waals surface area (Å²) in [6, 6.07) is 13.9. The van der Waals surface area contributed by atoms with Gasteiger partial charge < -0.3 is 9.84 Å². The van der Waals surface area contributed by atoms with E-state index in [0.29, 0.717) is 16.5 Å². The number of pyridine rings is 1. The molecule has 0 spiro atoms. The molecule has 4 heteroatoms. The van der Waals surface area contributed by atoms with Crippen LogP contribution in [-0.4, -0.2) is 10.1 Å². The molecule has 2 aromatic carbocycles. The van der Waals surface area contributed by atoms with Crippen molar-refractivity contribution in [3.63, 3.8) is 0 Å². The minimum Gasteiger partial charge on any atom is -0.508 e. The van der Waals surface area contributed by atoms with Crippen LogP contribution in [0.2, 0.25) is 5.02 Å². The highest BCUT2D eigenvalue weighted by molar-refractivity contribution is 6.31. The average molecular weight is 272 g/mol. The van der Waals surface area contributed by atoms with E-state index in [4.69, 9.17) is 16.3 Å². The molecule has 1 N–H and O–H groups in total. The van der Waals surface area contributed by atoms with Crippen molar-refractivity contribution < 1.29 is 9.84 Å². The van der Waals surface area contributed by atoms with Gasteiger partial charge in [0.1, 0.15) is 17.2 Å². The summed E-state index contributed by atoms with van der Waals surface area (Å²) in [5.74, 6) is 1.47. The molecule has 1 aromatic heterocycles. The summed E-state index contributed by atoms with van der Waals surface area (Å²) < 4.78 is 5.66. The van der Waals surface area contributed by atoms with Crippen molar-refractivity contribution in [2.45, 2.75) is 0 Å². The fourth-order valence-electron chi connectivity index (χ4n) is 1.79. The molecule has 1 heterocycles. The van der Waals surface area contributed by atoms with Crippen molar-refractivity contribution in [2.24, 2.45) is 0 Å². The maximum atomic E-state index is 9.21. The zero-order valence-corrected chi connectivity index (χ0v) is 10.6. The molecule has 19 heavy (non-hydrogen) atoms. The second-order valence-electron chi connectivity index (χ2n) is 4.10. The Hall–Kier alpha value is -2.26. The number of phenolic OH excluding ortho intramolecular Hbond substituents is 1. The minimum atomic E-state index is 0.204. The van der Waals surface area contributed by atoms with Gasteiger partial charge in [0.2, 0.25) is 0 Å². The molecule has 0 aliphatic heterocycles. The van der Waals surface area contributed by atoms with Crippen LogP contribution in [0, 0.1) is 0 Å². The van der Waals surface area contributed by atoms with Crippen molar-refractivity contribution >= 4 is 22.5 Å². The van der Waals surface area contributed by atoms with Crippen molar-refractivity contribution in [2.75, 3.05) is 0 Å². The summed E-state index contributed by atoms with van der Waals surface area (Å²) >= 11 is 5.95. The first-order valence-electron chi connectivity index (χ1n) is 5.73. The lowest BCUT2D eigenvalue weighted by Gasteiger charge is -2.06. The first kappa shape index (κ1) is 11.8. The predicted octanol–water partition coefficient (Wildman–Crippen LogP) is 4.39. The highest BCUT2D eigenvalue weighted by Crippen LogP contribution is 2.26. The van der Waals surface area contributed by atoms with Crippen LogP contribution in [0.3, 0.4) is 0 Å². The van der Waals surface area contributed by atoms with E-state index >= 15 is 0 Å². The number of phenols is 1. The second-order valence-corrected chi connectivity index (χ2v) is 4.54. The zero-order valence-electron chi connectivity index (χ0n) is 9.88. The van der Waals surface area contributed by atoms with Crippen LogP contribution in [0.4, 0.5) is 0 Å². The van der Waals surface area contributed by atoms with E-state index < -0.39 is 0 Å². The molecule has 0 fully saturated rings. The molecule has 3 nitrogen and oxygen atoms in total. The van der Waals surface area contributed by atoms with Gasteiger partial charge in [-0.05, 0) is 48.5 Å². The van der Waals surface area contributed by atoms with E-state index in [1.165, 1.54) is 0 Å². The van der Waals surface area contributed by atoms with E-state index in [2.05, 4.69) is 4.98 Å². The van der Waals surface area contributed by atoms with Crippen LogP contribution in [0.1, 0.15) is 0 Å². The van der Waals surface area contributed by atoms with Crippen LogP contribution in [0.5, 0.6) is 17.2 Å². The number of aromatic nitrogens is 1. The summed E-state index contributed by atoms with van der Waals surface area (Å²) in [6.07, 6.45) is 1.66. The molecule has 94 valence electrons. The molecule has 0 saturated heterocycles. The fourth-order valence-corrected chi connectivity index (χ4v) is 1.97. The van der Waals surface area contributed by atoms with Crippen molar-refractivity contribution in [3.8, 4) is 17.2 Å². The van der Waals surface area contributed by atoms with Gasteiger partial charge in [-0.1, -0.05) is 11.6 Å². The normalized spacial score (nSPS) is 10.6. The molecule has 0 radical (unpaired) electrons. The molecule has 0 bridgehead atoms. The average Bonchev–Trinajstić information content (AvgIpc) is 2.41. The van der Waals surface area contributed by atoms with Gasteiger partial charge in [0.05, 0.1) is 11.7 Å². The Balaban J connectivity index is 1.94. The van der Waals surface area contributed by atoms with Gasteiger partial charge in [-0.2, -0.15) is 0 Å². The monoisotopic (exact) mass is 271 g/mol. The minimum absolute atomic E-state index is 0.204. The Morgan fingerprint density at radius 1 is 0.947 bits per heavy atom. The topological polar surface area (TPSA) is 42.4 Å². The van der Waals surface area contributed by atoms with E-state index in [9.17, 15) is 5.11 Å². The van der Waals surface area contributed by atoms with Gasteiger partial charge in [-0.3, -0.25) is 4.98 Å². The summed E-state index contributed by atoms with van der Waals surface area (Å²) in [6.45, 7) is 0. The molecular formula is C15H10ClNO2. The van der Waals surface area contributed by atoms with Gasteiger partial charge in [0.15, 0.2) is 0 Å². The lowest BCUT2D eigenvalue weighted by molar-refractivity contribution is 0.464. The largest absolute Gasteiger partial charge is 0.508 e. The smallest absolute Gasteiger partial charge is 0.146 e. The number of halogens is 1. The van der Waals surface area contributed by atoms with E-state index in [1.54, 1.807) is 36.5 Å². The molecule has 0 atom stereocenters. The van der Waals surface area contributed by atoms with Crippen molar-refractivity contribution in [3.05, 3.63) is 59.8 Å². The SMILES string of the molecule is Oc1ccc(Oc2cnc3ccc(Cl)cc3c2)cc1. The molecular weight excluding hydrogens is 262 g/mol. The summed E-state index contributed by atoms with van der Waals surface area (Å²) in [4.78, 5) is 4.30. The highest BCUT2D eigenvalue weighted by Gasteiger charge is 2.01. The van der Waals surface area contributed by atoms with Crippen LogP contribution in [0.25, 0.3) is 10.9 Å². The molecule has 0 aliphatic rings. The van der Waals surface area contributed by atoms with Crippen molar-refractivity contribution in [1.29, 1.82) is 0 Å². The maximum Gasteiger partial charge on any atom is 0.146 e. The maximum absolute atomic E-state index is 9.21. The van der Waals surface area contributed by atoms with Gasteiger partial charge >= 0.3 is 0 Å². The van der Waals surface area contributed by atoms with E-state index in [-0.39, 0.29) is 5.75 Å². The first-order chi connectivity index (χ1) is 9.20. The fraction of sp³-hybridized carbons (Fsp3) is 0. The Kier molecular flexibility index (Phi) is 2.97. The van der Waals surface area contributed by atoms with Gasteiger partial charge in [0.25, 0.3) is 0 Å². The molecule has 0 saturated carbocycles. The quantitative estimate of drug-likeness (QED) is 0.752. The third-order valence-corrected chi connectivity index (χ3v) is 2.93. The number of rotatable bonds is 2. The lowest BCUT2D eigenvalue weighted by Crippen LogP contribution is -1.86. The molecule has 0 unspecified atom stereocenters. The van der Waals surface area contributed by atoms with Crippen molar-refractivity contribution in [1.82, 2.24) is 4.98 Å². The molecule has 0 aliphatic carbocycles. The number of hydrogen-bond donors (Lipinski definition) is 1. The number of aromatic hydroxyl groups is 1. The summed E-state index contributed by atoms with van der Waals surface area (Å²) in [5, 5.41) is 10.8. The summed E-state index contributed by atoms with van der Waals surface area (Å²) in [5.41, 5.74) is 0.863. The van der Waals surface area contributed by atoms with Crippen LogP contribution >= 0.6 is 11.6 Å². The third kappa shape index (κ3) is 2.61. The van der Waals surface area contributed by atoms with Gasteiger partial charge in [-0.15, -0.1) is 0 Å². The lowest BCUT2D eigenvalue weighted by atomic mass is 10.2. The van der Waals surface area contributed by atoms with Crippen LogP contribution in [0.15, 0.2) is 54.7 Å². The summed E-state index contributed by atoms with van der Waals surface area (Å²) in [7, 11) is 0. The molecule has 0 amide bonds. The number of fused-ring (bicyclic) bond motifs is 1. The standard InChI is InChI=1S/C15H10ClNO2/c16-11-1-6-15-10(7-11)8-14(9-17-15)19-13-4-2-12(18)3-5-13/h1-9,18H. The highest BCUT2D eigenvalue weighted by atomic mass is 35.5. The number of benzene rings is 2. The van der Waals surface area contributed by atoms with E-state index in [0.717, 1.165) is 10.9 Å². The Bertz CT molecular complexity index is 726. The number of ether oxygens (including phenoxy) is 1. The Morgan fingerprint density at radius 2 is 1.74 bits per heavy atom. The Labute approximate surface area is 115 Å². The molecule has 3 aromatic rings. The predicted molar refractivity (Wildman–Crippen MR) is 74.9 cm³/mol. The zero-order chi connectivity index (χ0) is 13.2. The van der Waals surface area contributed by atoms with Crippen LogP contribution in [-0.2, 0) is 0 Å². The first-order valence-corrected chi connectivity index (χ1v) is 6.11.